The number of ketones is 1. The Morgan fingerprint density at radius 2 is 2.12 bits per heavy atom. The average molecular weight is 231 g/mol. The maximum atomic E-state index is 11.3. The molecule has 5 nitrogen and oxygen atoms in total. The SMILES string of the molecule is COCC(=O)CN1CCC(OCCO)CC1. The first-order valence-corrected chi connectivity index (χ1v) is 5.71. The molecule has 1 N–H and O–H groups in total. The normalized spacial score (nSPS) is 18.9. The van der Waals surface area contributed by atoms with Crippen LogP contribution in [-0.2, 0) is 14.3 Å². The predicted octanol–water partition coefficient (Wildman–Crippen LogP) is -0.325. The minimum Gasteiger partial charge on any atom is -0.394 e. The molecular formula is C11H21NO4. The Bertz CT molecular complexity index is 202. The minimum atomic E-state index is 0.0759. The van der Waals surface area contributed by atoms with Gasteiger partial charge in [0.1, 0.15) is 6.61 Å². The molecule has 5 heteroatoms. The molecule has 0 aromatic carbocycles. The van der Waals surface area contributed by atoms with Crippen molar-refractivity contribution in [2.24, 2.45) is 0 Å². The van der Waals surface area contributed by atoms with Crippen LogP contribution < -0.4 is 0 Å². The van der Waals surface area contributed by atoms with E-state index in [2.05, 4.69) is 4.90 Å². The summed E-state index contributed by atoms with van der Waals surface area (Å²) in [6.07, 6.45) is 2.10. The number of ether oxygens (including phenoxy) is 2. The van der Waals surface area contributed by atoms with E-state index in [9.17, 15) is 4.79 Å². The van der Waals surface area contributed by atoms with E-state index in [1.54, 1.807) is 0 Å². The van der Waals surface area contributed by atoms with Gasteiger partial charge in [0.05, 0.1) is 25.9 Å². The van der Waals surface area contributed by atoms with Gasteiger partial charge >= 0.3 is 0 Å². The topological polar surface area (TPSA) is 59.0 Å². The number of carbonyl (C=O) groups excluding carboxylic acids is 1. The molecular weight excluding hydrogens is 210 g/mol. The van der Waals surface area contributed by atoms with Crippen molar-refractivity contribution in [1.29, 1.82) is 0 Å². The third-order valence-corrected chi connectivity index (χ3v) is 2.68. The fraction of sp³-hybridized carbons (Fsp3) is 0.909. The van der Waals surface area contributed by atoms with Crippen molar-refractivity contribution >= 4 is 5.78 Å². The Balaban J connectivity index is 2.14. The van der Waals surface area contributed by atoms with Crippen molar-refractivity contribution in [3.8, 4) is 0 Å². The highest BCUT2D eigenvalue weighted by Crippen LogP contribution is 2.13. The zero-order chi connectivity index (χ0) is 11.8. The quantitative estimate of drug-likeness (QED) is 0.650. The van der Waals surface area contributed by atoms with Gasteiger partial charge in [-0.3, -0.25) is 9.69 Å². The molecule has 1 heterocycles. The molecule has 0 saturated carbocycles. The Morgan fingerprint density at radius 1 is 1.44 bits per heavy atom. The molecule has 1 fully saturated rings. The number of carbonyl (C=O) groups is 1. The zero-order valence-corrected chi connectivity index (χ0v) is 9.85. The van der Waals surface area contributed by atoms with Gasteiger partial charge in [-0.25, -0.2) is 0 Å². The second-order valence-electron chi connectivity index (χ2n) is 4.04. The van der Waals surface area contributed by atoms with E-state index >= 15 is 0 Å². The summed E-state index contributed by atoms with van der Waals surface area (Å²) in [4.78, 5) is 13.5. The van der Waals surface area contributed by atoms with E-state index in [1.165, 1.54) is 7.11 Å². The fourth-order valence-corrected chi connectivity index (χ4v) is 1.91. The lowest BCUT2D eigenvalue weighted by Crippen LogP contribution is -2.40. The average Bonchev–Trinajstić information content (AvgIpc) is 2.28. The monoisotopic (exact) mass is 231 g/mol. The summed E-state index contributed by atoms with van der Waals surface area (Å²) in [7, 11) is 1.53. The van der Waals surface area contributed by atoms with E-state index in [0.29, 0.717) is 13.2 Å². The first-order chi connectivity index (χ1) is 7.76. The summed E-state index contributed by atoms with van der Waals surface area (Å²) >= 11 is 0. The summed E-state index contributed by atoms with van der Waals surface area (Å²) in [5.74, 6) is 0.122. The Kier molecular flexibility index (Phi) is 6.56. The molecule has 0 amide bonds. The van der Waals surface area contributed by atoms with E-state index in [-0.39, 0.29) is 25.1 Å². The molecule has 1 rings (SSSR count). The standard InChI is InChI=1S/C11H21NO4/c1-15-9-10(14)8-12-4-2-11(3-5-12)16-7-6-13/h11,13H,2-9H2,1H3. The van der Waals surface area contributed by atoms with Crippen LogP contribution in [0.25, 0.3) is 0 Å². The lowest BCUT2D eigenvalue weighted by Gasteiger charge is -2.31. The highest BCUT2D eigenvalue weighted by Gasteiger charge is 2.20. The minimum absolute atomic E-state index is 0.0759. The highest BCUT2D eigenvalue weighted by molar-refractivity contribution is 5.81. The Morgan fingerprint density at radius 3 is 2.69 bits per heavy atom. The third kappa shape index (κ3) is 5.03. The molecule has 0 atom stereocenters. The fourth-order valence-electron chi connectivity index (χ4n) is 1.91. The van der Waals surface area contributed by atoms with Gasteiger partial charge in [-0.15, -0.1) is 0 Å². The van der Waals surface area contributed by atoms with Crippen LogP contribution in [0.15, 0.2) is 0 Å². The molecule has 1 aliphatic heterocycles. The van der Waals surface area contributed by atoms with Crippen LogP contribution in [-0.4, -0.2) is 68.5 Å². The molecule has 0 aliphatic carbocycles. The van der Waals surface area contributed by atoms with Gasteiger partial charge in [0, 0.05) is 20.2 Å². The number of Topliss-reactive ketones (excluding diaryl/α,β-unsaturated/α-hetero) is 1. The first-order valence-electron chi connectivity index (χ1n) is 5.71. The Labute approximate surface area is 96.3 Å². The van der Waals surface area contributed by atoms with Crippen molar-refractivity contribution in [3.63, 3.8) is 0 Å². The van der Waals surface area contributed by atoms with Gasteiger partial charge in [0.25, 0.3) is 0 Å². The number of piperidine rings is 1. The lowest BCUT2D eigenvalue weighted by molar-refractivity contribution is -0.124. The van der Waals surface area contributed by atoms with E-state index in [4.69, 9.17) is 14.6 Å². The van der Waals surface area contributed by atoms with Crippen molar-refractivity contribution in [1.82, 2.24) is 4.90 Å². The van der Waals surface area contributed by atoms with Crippen LogP contribution in [0, 0.1) is 0 Å². The molecule has 0 aromatic heterocycles. The molecule has 0 unspecified atom stereocenters. The second-order valence-corrected chi connectivity index (χ2v) is 4.04. The number of methoxy groups -OCH3 is 1. The largest absolute Gasteiger partial charge is 0.394 e. The number of aliphatic hydroxyl groups excluding tert-OH is 1. The van der Waals surface area contributed by atoms with Gasteiger partial charge in [-0.1, -0.05) is 0 Å². The number of likely N-dealkylation sites (tertiary alicyclic amines) is 1. The Hall–Kier alpha value is -0.490. The van der Waals surface area contributed by atoms with E-state index < -0.39 is 0 Å². The summed E-state index contributed by atoms with van der Waals surface area (Å²) < 4.78 is 10.2. The molecule has 1 aliphatic rings. The van der Waals surface area contributed by atoms with Gasteiger partial charge in [0.15, 0.2) is 5.78 Å². The van der Waals surface area contributed by atoms with E-state index in [1.807, 2.05) is 0 Å². The van der Waals surface area contributed by atoms with Gasteiger partial charge < -0.3 is 14.6 Å². The van der Waals surface area contributed by atoms with Crippen molar-refractivity contribution in [3.05, 3.63) is 0 Å². The van der Waals surface area contributed by atoms with Crippen LogP contribution in [0.4, 0.5) is 0 Å². The van der Waals surface area contributed by atoms with Crippen LogP contribution >= 0.6 is 0 Å². The summed E-state index contributed by atoms with van der Waals surface area (Å²) in [6, 6.07) is 0. The molecule has 0 spiro atoms. The summed E-state index contributed by atoms with van der Waals surface area (Å²) in [5.41, 5.74) is 0. The van der Waals surface area contributed by atoms with Crippen LogP contribution in [0.2, 0.25) is 0 Å². The molecule has 0 bridgehead atoms. The number of hydrogen-bond acceptors (Lipinski definition) is 5. The number of nitrogens with zero attached hydrogens (tertiary/aromatic N) is 1. The zero-order valence-electron chi connectivity index (χ0n) is 9.85. The molecule has 16 heavy (non-hydrogen) atoms. The van der Waals surface area contributed by atoms with Crippen LogP contribution in [0.3, 0.4) is 0 Å². The maximum absolute atomic E-state index is 11.3. The second kappa shape index (κ2) is 7.73. The van der Waals surface area contributed by atoms with Gasteiger partial charge in [-0.05, 0) is 12.8 Å². The lowest BCUT2D eigenvalue weighted by atomic mass is 10.1. The van der Waals surface area contributed by atoms with Crippen molar-refractivity contribution in [2.45, 2.75) is 18.9 Å². The van der Waals surface area contributed by atoms with Gasteiger partial charge in [0.2, 0.25) is 0 Å². The third-order valence-electron chi connectivity index (χ3n) is 2.68. The molecule has 0 radical (unpaired) electrons. The number of aliphatic hydroxyl groups is 1. The van der Waals surface area contributed by atoms with Crippen molar-refractivity contribution in [2.75, 3.05) is 46.6 Å². The predicted molar refractivity (Wildman–Crippen MR) is 59.4 cm³/mol. The van der Waals surface area contributed by atoms with E-state index in [0.717, 1.165) is 25.9 Å². The highest BCUT2D eigenvalue weighted by atomic mass is 16.5. The van der Waals surface area contributed by atoms with Crippen LogP contribution in [0.5, 0.6) is 0 Å². The summed E-state index contributed by atoms with van der Waals surface area (Å²) in [5, 5.41) is 8.63. The molecule has 1 saturated heterocycles. The molecule has 94 valence electrons. The maximum Gasteiger partial charge on any atom is 0.172 e. The number of hydrogen-bond donors (Lipinski definition) is 1. The van der Waals surface area contributed by atoms with Gasteiger partial charge in [-0.2, -0.15) is 0 Å². The summed E-state index contributed by atoms with van der Waals surface area (Å²) in [6.45, 7) is 2.92. The van der Waals surface area contributed by atoms with Crippen molar-refractivity contribution < 1.29 is 19.4 Å². The first kappa shape index (κ1) is 13.6. The number of rotatable bonds is 7. The smallest absolute Gasteiger partial charge is 0.172 e. The molecule has 0 aromatic rings. The van der Waals surface area contributed by atoms with Crippen LogP contribution in [0.1, 0.15) is 12.8 Å².